The van der Waals surface area contributed by atoms with Gasteiger partial charge in [0.15, 0.2) is 11.6 Å². The van der Waals surface area contributed by atoms with Gasteiger partial charge in [-0.25, -0.2) is 0 Å². The fourth-order valence-corrected chi connectivity index (χ4v) is 5.67. The van der Waals surface area contributed by atoms with Gasteiger partial charge in [-0.05, 0) is 42.7 Å². The second-order valence-electron chi connectivity index (χ2n) is 9.52. The van der Waals surface area contributed by atoms with Crippen LogP contribution >= 0.6 is 0 Å². The Morgan fingerprint density at radius 3 is 2.18 bits per heavy atom. The normalized spacial score (nSPS) is 21.1. The van der Waals surface area contributed by atoms with Crippen LogP contribution in [-0.4, -0.2) is 64.9 Å². The average molecular weight is 462 g/mol. The Hall–Kier alpha value is -3.39. The molecule has 3 aliphatic rings. The van der Waals surface area contributed by atoms with Crippen molar-refractivity contribution in [2.24, 2.45) is 11.7 Å². The van der Waals surface area contributed by atoms with Crippen LogP contribution in [0.15, 0.2) is 48.5 Å². The topological polar surface area (TPSA) is 123 Å². The Morgan fingerprint density at radius 2 is 1.59 bits per heavy atom. The molecule has 0 saturated carbocycles. The highest BCUT2D eigenvalue weighted by Crippen LogP contribution is 2.48. The molecule has 0 radical (unpaired) electrons. The fourth-order valence-electron chi connectivity index (χ4n) is 5.67. The molecule has 2 aromatic carbocycles. The lowest BCUT2D eigenvalue weighted by Crippen LogP contribution is -2.53. The summed E-state index contributed by atoms with van der Waals surface area (Å²) in [4.78, 5) is 30.4. The number of piperidine rings is 1. The number of hydrogen-bond donors (Lipinski definition) is 4. The predicted octanol–water partition coefficient (Wildman–Crippen LogP) is 1.62. The molecule has 5 rings (SSSR count). The lowest BCUT2D eigenvalue weighted by Gasteiger charge is -2.34. The Kier molecular flexibility index (Phi) is 5.77. The van der Waals surface area contributed by atoms with Crippen molar-refractivity contribution in [2.45, 2.75) is 37.3 Å². The highest BCUT2D eigenvalue weighted by molar-refractivity contribution is 6.00. The molecule has 0 spiro atoms. The first-order valence-corrected chi connectivity index (χ1v) is 12.0. The first-order chi connectivity index (χ1) is 16.4. The van der Waals surface area contributed by atoms with Gasteiger partial charge in [0, 0.05) is 37.3 Å². The van der Waals surface area contributed by atoms with Gasteiger partial charge in [-0.3, -0.25) is 15.0 Å². The van der Waals surface area contributed by atoms with Gasteiger partial charge in [0.05, 0.1) is 0 Å². The zero-order chi connectivity index (χ0) is 23.9. The van der Waals surface area contributed by atoms with E-state index in [1.54, 1.807) is 17.0 Å². The van der Waals surface area contributed by atoms with Gasteiger partial charge in [0.2, 0.25) is 5.91 Å². The van der Waals surface area contributed by atoms with Gasteiger partial charge in [-0.2, -0.15) is 0 Å². The fraction of sp³-hybridized carbons (Fsp3) is 0.423. The average Bonchev–Trinajstić information content (AvgIpc) is 3.45. The van der Waals surface area contributed by atoms with Crippen molar-refractivity contribution in [2.75, 3.05) is 26.2 Å². The summed E-state index contributed by atoms with van der Waals surface area (Å²) in [5.74, 6) is -0.182. The summed E-state index contributed by atoms with van der Waals surface area (Å²) in [6, 6.07) is 14.3. The zero-order valence-electron chi connectivity index (χ0n) is 19.2. The van der Waals surface area contributed by atoms with E-state index in [1.807, 2.05) is 41.3 Å². The zero-order valence-corrected chi connectivity index (χ0v) is 19.2. The minimum Gasteiger partial charge on any atom is -0.372 e. The number of amides is 2. The molecule has 8 nitrogen and oxygen atoms in total. The number of likely N-dealkylation sites (tertiary alicyclic amines) is 2. The highest BCUT2D eigenvalue weighted by Gasteiger charge is 2.52. The van der Waals surface area contributed by atoms with Crippen LogP contribution in [0.25, 0.3) is 11.1 Å². The Bertz CT molecular complexity index is 1080. The van der Waals surface area contributed by atoms with Crippen LogP contribution in [0.4, 0.5) is 0 Å². The summed E-state index contributed by atoms with van der Waals surface area (Å²) in [5, 5.41) is 22.5. The Morgan fingerprint density at radius 1 is 1.00 bits per heavy atom. The molecule has 2 amide bonds. The van der Waals surface area contributed by atoms with E-state index in [1.165, 1.54) is 0 Å². The van der Waals surface area contributed by atoms with Crippen LogP contribution in [0.5, 0.6) is 0 Å². The predicted molar refractivity (Wildman–Crippen MR) is 129 cm³/mol. The van der Waals surface area contributed by atoms with Crippen molar-refractivity contribution in [3.8, 4) is 11.1 Å². The van der Waals surface area contributed by atoms with Crippen LogP contribution < -0.4 is 11.1 Å². The molecule has 5 N–H and O–H groups in total. The van der Waals surface area contributed by atoms with Crippen molar-refractivity contribution < 1.29 is 14.7 Å². The van der Waals surface area contributed by atoms with Gasteiger partial charge in [0.25, 0.3) is 5.91 Å². The van der Waals surface area contributed by atoms with Gasteiger partial charge in [0.1, 0.15) is 6.04 Å². The molecule has 2 saturated heterocycles. The van der Waals surface area contributed by atoms with E-state index in [-0.39, 0.29) is 11.9 Å². The number of nitrogens with two attached hydrogens (primary N) is 1. The second-order valence-corrected chi connectivity index (χ2v) is 9.52. The van der Waals surface area contributed by atoms with Crippen molar-refractivity contribution in [3.63, 3.8) is 0 Å². The Labute approximate surface area is 199 Å². The molecule has 2 fully saturated rings. The maximum atomic E-state index is 13.9. The van der Waals surface area contributed by atoms with E-state index < -0.39 is 17.6 Å². The number of hydrogen-bond acceptors (Lipinski definition) is 4. The van der Waals surface area contributed by atoms with Crippen LogP contribution in [0.3, 0.4) is 0 Å². The third-order valence-corrected chi connectivity index (χ3v) is 7.57. The van der Waals surface area contributed by atoms with E-state index in [2.05, 4.69) is 5.32 Å². The monoisotopic (exact) mass is 461 g/mol. The maximum Gasteiger partial charge on any atom is 0.264 e. The van der Waals surface area contributed by atoms with Crippen molar-refractivity contribution in [1.82, 2.24) is 15.1 Å². The second kappa shape index (κ2) is 8.76. The first-order valence-electron chi connectivity index (χ1n) is 12.0. The van der Waals surface area contributed by atoms with Crippen LogP contribution in [-0.2, 0) is 15.2 Å². The summed E-state index contributed by atoms with van der Waals surface area (Å²) in [5.41, 5.74) is 6.62. The Balaban J connectivity index is 1.31. The van der Waals surface area contributed by atoms with E-state index in [0.29, 0.717) is 36.6 Å². The number of benzene rings is 2. The molecule has 0 bridgehead atoms. The molecule has 1 atom stereocenters. The van der Waals surface area contributed by atoms with Crippen molar-refractivity contribution in [1.29, 1.82) is 5.41 Å². The highest BCUT2D eigenvalue weighted by atomic mass is 16.3. The van der Waals surface area contributed by atoms with Gasteiger partial charge < -0.3 is 26.0 Å². The quantitative estimate of drug-likeness (QED) is 0.407. The number of rotatable bonds is 4. The smallest absolute Gasteiger partial charge is 0.264 e. The molecular weight excluding hydrogens is 430 g/mol. The van der Waals surface area contributed by atoms with Gasteiger partial charge in [-0.1, -0.05) is 48.5 Å². The number of aliphatic hydroxyl groups is 1. The first kappa shape index (κ1) is 22.4. The van der Waals surface area contributed by atoms with Gasteiger partial charge >= 0.3 is 0 Å². The summed E-state index contributed by atoms with van der Waals surface area (Å²) in [7, 11) is 0. The molecule has 2 heterocycles. The van der Waals surface area contributed by atoms with E-state index in [0.717, 1.165) is 43.5 Å². The van der Waals surface area contributed by atoms with E-state index >= 15 is 0 Å². The summed E-state index contributed by atoms with van der Waals surface area (Å²) < 4.78 is 0. The minimum absolute atomic E-state index is 0.0931. The molecule has 178 valence electrons. The number of carbonyl (C=O) groups is 2. The SMILES string of the molecule is N=C(N)N1CCC(CNC(=O)[C@H]2CCCN2C(=O)C2(O)c3ccccc3-c3ccccc32)CC1. The largest absolute Gasteiger partial charge is 0.372 e. The molecule has 1 aliphatic carbocycles. The van der Waals surface area contributed by atoms with Crippen LogP contribution in [0.1, 0.15) is 36.8 Å². The number of fused-ring (bicyclic) bond motifs is 3. The minimum atomic E-state index is -1.80. The standard InChI is InChI=1S/C26H31N5O3/c27-25(28)30-14-11-17(12-15-30)16-29-23(32)22-10-5-13-31(22)24(33)26(34)20-8-3-1-6-18(20)19-7-2-4-9-21(19)26/h1-4,6-9,17,22,34H,5,10-16H2,(H3,27,28)(H,29,32)/t22-/m1/s1. The molecule has 8 heteroatoms. The number of carbonyl (C=O) groups excluding carboxylic acids is 2. The van der Waals surface area contributed by atoms with Gasteiger partial charge in [-0.15, -0.1) is 0 Å². The number of guanidine groups is 1. The van der Waals surface area contributed by atoms with Crippen molar-refractivity contribution in [3.05, 3.63) is 59.7 Å². The number of nitrogens with one attached hydrogen (secondary N) is 2. The van der Waals surface area contributed by atoms with E-state index in [9.17, 15) is 14.7 Å². The third kappa shape index (κ3) is 3.62. The molecule has 34 heavy (non-hydrogen) atoms. The van der Waals surface area contributed by atoms with Crippen LogP contribution in [0.2, 0.25) is 0 Å². The van der Waals surface area contributed by atoms with Crippen molar-refractivity contribution >= 4 is 17.8 Å². The van der Waals surface area contributed by atoms with E-state index in [4.69, 9.17) is 11.1 Å². The molecule has 2 aliphatic heterocycles. The molecule has 2 aromatic rings. The molecular formula is C26H31N5O3. The summed E-state index contributed by atoms with van der Waals surface area (Å²) in [6.45, 7) is 2.42. The summed E-state index contributed by atoms with van der Waals surface area (Å²) >= 11 is 0. The molecule has 0 aromatic heterocycles. The lowest BCUT2D eigenvalue weighted by atomic mass is 9.89. The molecule has 0 unspecified atom stereocenters. The maximum absolute atomic E-state index is 13.9. The summed E-state index contributed by atoms with van der Waals surface area (Å²) in [6.07, 6.45) is 3.03. The number of nitrogens with zero attached hydrogens (tertiary/aromatic N) is 2. The third-order valence-electron chi connectivity index (χ3n) is 7.57. The van der Waals surface area contributed by atoms with Crippen LogP contribution in [0, 0.1) is 11.3 Å². The lowest BCUT2D eigenvalue weighted by molar-refractivity contribution is -0.151.